The second-order valence-electron chi connectivity index (χ2n) is 4.48. The van der Waals surface area contributed by atoms with E-state index in [1.807, 2.05) is 0 Å². The van der Waals surface area contributed by atoms with Crippen LogP contribution < -0.4 is 0 Å². The number of carbonyl (C=O) groups is 2. The summed E-state index contributed by atoms with van der Waals surface area (Å²) in [6.45, 7) is 3.54. The van der Waals surface area contributed by atoms with Crippen molar-refractivity contribution in [1.82, 2.24) is 4.90 Å². The van der Waals surface area contributed by atoms with Gasteiger partial charge in [0.25, 0.3) is 11.1 Å². The van der Waals surface area contributed by atoms with Crippen molar-refractivity contribution in [2.75, 3.05) is 0 Å². The Labute approximate surface area is 130 Å². The molecule has 0 aromatic heterocycles. The number of carbonyl (C=O) groups excluding carboxylic acids is 2. The predicted octanol–water partition coefficient (Wildman–Crippen LogP) is 4.14. The lowest BCUT2D eigenvalue weighted by molar-refractivity contribution is -0.123. The molecule has 0 atom stereocenters. The number of nitrogens with zero attached hydrogens (tertiary/aromatic N) is 1. The number of phenols is 1. The van der Waals surface area contributed by atoms with Crippen LogP contribution in [-0.4, -0.2) is 27.2 Å². The molecule has 1 fully saturated rings. The van der Waals surface area contributed by atoms with Gasteiger partial charge in [-0.2, -0.15) is 0 Å². The fraction of sp³-hybridized carbons (Fsp3) is 0.231. The van der Waals surface area contributed by atoms with E-state index in [1.165, 1.54) is 23.1 Å². The third-order valence-corrected chi connectivity index (χ3v) is 4.14. The first-order valence-corrected chi connectivity index (χ1v) is 7.33. The zero-order valence-electron chi connectivity index (χ0n) is 10.7. The van der Waals surface area contributed by atoms with Crippen LogP contribution in [0.4, 0.5) is 4.79 Å². The Morgan fingerprint density at radius 1 is 1.25 bits per heavy atom. The van der Waals surface area contributed by atoms with Gasteiger partial charge in [-0.1, -0.05) is 23.2 Å². The van der Waals surface area contributed by atoms with Crippen LogP contribution in [0, 0.1) is 0 Å². The van der Waals surface area contributed by atoms with Gasteiger partial charge in [0.2, 0.25) is 0 Å². The number of amides is 2. The summed E-state index contributed by atoms with van der Waals surface area (Å²) < 4.78 is 0. The van der Waals surface area contributed by atoms with Crippen molar-refractivity contribution >= 4 is 52.2 Å². The molecule has 0 bridgehead atoms. The smallest absolute Gasteiger partial charge is 0.293 e. The van der Waals surface area contributed by atoms with Gasteiger partial charge < -0.3 is 5.11 Å². The van der Waals surface area contributed by atoms with Gasteiger partial charge in [-0.3, -0.25) is 14.5 Å². The molecule has 1 aliphatic heterocycles. The number of phenolic OH excluding ortho intramolecular Hbond substituents is 1. The van der Waals surface area contributed by atoms with E-state index in [1.54, 1.807) is 13.8 Å². The average molecular weight is 332 g/mol. The van der Waals surface area contributed by atoms with Crippen molar-refractivity contribution in [2.24, 2.45) is 0 Å². The van der Waals surface area contributed by atoms with Gasteiger partial charge >= 0.3 is 0 Å². The van der Waals surface area contributed by atoms with Crippen molar-refractivity contribution in [3.63, 3.8) is 0 Å². The van der Waals surface area contributed by atoms with E-state index in [-0.39, 0.29) is 33.0 Å². The van der Waals surface area contributed by atoms with Gasteiger partial charge in [0, 0.05) is 6.04 Å². The molecule has 0 aliphatic carbocycles. The largest absolute Gasteiger partial charge is 0.505 e. The molecule has 20 heavy (non-hydrogen) atoms. The maximum absolute atomic E-state index is 12.1. The van der Waals surface area contributed by atoms with E-state index in [4.69, 9.17) is 23.2 Å². The topological polar surface area (TPSA) is 57.6 Å². The quantitative estimate of drug-likeness (QED) is 0.827. The van der Waals surface area contributed by atoms with Crippen LogP contribution in [0.2, 0.25) is 10.0 Å². The molecule has 1 aliphatic rings. The van der Waals surface area contributed by atoms with Crippen LogP contribution >= 0.6 is 35.0 Å². The highest BCUT2D eigenvalue weighted by molar-refractivity contribution is 8.18. The Hall–Kier alpha value is -1.17. The molecule has 2 amide bonds. The van der Waals surface area contributed by atoms with Gasteiger partial charge in [0.1, 0.15) is 0 Å². The van der Waals surface area contributed by atoms with Crippen LogP contribution in [0.3, 0.4) is 0 Å². The molecule has 1 aromatic rings. The number of hydrogen-bond donors (Lipinski definition) is 1. The minimum absolute atomic E-state index is 0.0897. The molecule has 1 heterocycles. The van der Waals surface area contributed by atoms with Gasteiger partial charge in [-0.05, 0) is 49.4 Å². The SMILES string of the molecule is CC(C)N1C(=O)S/C(=C\c2cc(Cl)c(O)c(Cl)c2)C1=O. The Morgan fingerprint density at radius 3 is 2.25 bits per heavy atom. The van der Waals surface area contributed by atoms with Crippen molar-refractivity contribution < 1.29 is 14.7 Å². The minimum atomic E-state index is -0.338. The molecule has 1 aromatic carbocycles. The van der Waals surface area contributed by atoms with Crippen LogP contribution in [0.5, 0.6) is 5.75 Å². The second-order valence-corrected chi connectivity index (χ2v) is 6.29. The van der Waals surface area contributed by atoms with Gasteiger partial charge in [0.05, 0.1) is 15.0 Å². The normalized spacial score (nSPS) is 17.6. The zero-order chi connectivity index (χ0) is 15.0. The zero-order valence-corrected chi connectivity index (χ0v) is 13.0. The summed E-state index contributed by atoms with van der Waals surface area (Å²) in [7, 11) is 0. The van der Waals surface area contributed by atoms with E-state index < -0.39 is 0 Å². The van der Waals surface area contributed by atoms with Crippen molar-refractivity contribution in [2.45, 2.75) is 19.9 Å². The Bertz CT molecular complexity index is 605. The lowest BCUT2D eigenvalue weighted by Gasteiger charge is -2.16. The van der Waals surface area contributed by atoms with Crippen molar-refractivity contribution in [3.8, 4) is 5.75 Å². The Morgan fingerprint density at radius 2 is 1.80 bits per heavy atom. The number of rotatable bonds is 2. The molecule has 0 spiro atoms. The highest BCUT2D eigenvalue weighted by Gasteiger charge is 2.36. The molecule has 0 saturated carbocycles. The van der Waals surface area contributed by atoms with Crippen molar-refractivity contribution in [1.29, 1.82) is 0 Å². The molecule has 106 valence electrons. The molecule has 0 radical (unpaired) electrons. The third kappa shape index (κ3) is 2.80. The molecule has 1 N–H and O–H groups in total. The van der Waals surface area contributed by atoms with Gasteiger partial charge in [-0.15, -0.1) is 0 Å². The van der Waals surface area contributed by atoms with Crippen LogP contribution in [0.15, 0.2) is 17.0 Å². The average Bonchev–Trinajstić information content (AvgIpc) is 2.61. The highest BCUT2D eigenvalue weighted by Crippen LogP contribution is 2.37. The predicted molar refractivity (Wildman–Crippen MR) is 81.1 cm³/mol. The summed E-state index contributed by atoms with van der Waals surface area (Å²) in [5, 5.41) is 9.36. The van der Waals surface area contributed by atoms with E-state index >= 15 is 0 Å². The molecular weight excluding hydrogens is 321 g/mol. The maximum atomic E-state index is 12.1. The summed E-state index contributed by atoms with van der Waals surface area (Å²) in [4.78, 5) is 25.4. The number of halogens is 2. The van der Waals surface area contributed by atoms with E-state index in [0.29, 0.717) is 10.5 Å². The second kappa shape index (κ2) is 5.68. The molecule has 0 unspecified atom stereocenters. The minimum Gasteiger partial charge on any atom is -0.505 e. The number of imide groups is 1. The van der Waals surface area contributed by atoms with Crippen LogP contribution in [0.1, 0.15) is 19.4 Å². The summed E-state index contributed by atoms with van der Waals surface area (Å²) >= 11 is 12.5. The van der Waals surface area contributed by atoms with Gasteiger partial charge in [0.15, 0.2) is 5.75 Å². The first-order chi connectivity index (χ1) is 9.31. The van der Waals surface area contributed by atoms with Gasteiger partial charge in [-0.25, -0.2) is 0 Å². The standard InChI is InChI=1S/C13H11Cl2NO3S/c1-6(2)16-12(18)10(20-13(16)19)5-7-3-8(14)11(17)9(15)4-7/h3-6,17H,1-2H3/b10-5-. The van der Waals surface area contributed by atoms with E-state index in [0.717, 1.165) is 11.8 Å². The molecule has 7 heteroatoms. The number of thioether (sulfide) groups is 1. The van der Waals surface area contributed by atoms with Crippen LogP contribution in [0.25, 0.3) is 6.08 Å². The summed E-state index contributed by atoms with van der Waals surface area (Å²) in [5.74, 6) is -0.545. The Balaban J connectivity index is 2.38. The molecule has 4 nitrogen and oxygen atoms in total. The lowest BCUT2D eigenvalue weighted by atomic mass is 10.2. The van der Waals surface area contributed by atoms with E-state index in [9.17, 15) is 14.7 Å². The summed E-state index contributed by atoms with van der Waals surface area (Å²) in [6, 6.07) is 2.76. The lowest BCUT2D eigenvalue weighted by Crippen LogP contribution is -2.34. The molecule has 1 saturated heterocycles. The number of aromatic hydroxyl groups is 1. The summed E-state index contributed by atoms with van der Waals surface area (Å²) in [5.41, 5.74) is 0.548. The summed E-state index contributed by atoms with van der Waals surface area (Å²) in [6.07, 6.45) is 1.53. The monoisotopic (exact) mass is 331 g/mol. The molecule has 2 rings (SSSR count). The number of benzene rings is 1. The molecular formula is C13H11Cl2NO3S. The first kappa shape index (κ1) is 15.2. The fourth-order valence-corrected chi connectivity index (χ4v) is 3.21. The highest BCUT2D eigenvalue weighted by atomic mass is 35.5. The number of hydrogen-bond acceptors (Lipinski definition) is 4. The maximum Gasteiger partial charge on any atom is 0.293 e. The van der Waals surface area contributed by atoms with E-state index in [2.05, 4.69) is 0 Å². The van der Waals surface area contributed by atoms with Crippen LogP contribution in [-0.2, 0) is 4.79 Å². The third-order valence-electron chi connectivity index (χ3n) is 2.68. The Kier molecular flexibility index (Phi) is 4.32. The first-order valence-electron chi connectivity index (χ1n) is 5.76. The fourth-order valence-electron chi connectivity index (χ4n) is 1.74. The van der Waals surface area contributed by atoms with Crippen molar-refractivity contribution in [3.05, 3.63) is 32.6 Å².